The van der Waals surface area contributed by atoms with E-state index in [-0.39, 0.29) is 5.91 Å². The molecule has 2 rings (SSSR count). The second-order valence-electron chi connectivity index (χ2n) is 6.28. The number of likely N-dealkylation sites (N-methyl/N-ethyl adjacent to an activating group) is 1. The maximum atomic E-state index is 12.5. The van der Waals surface area contributed by atoms with Gasteiger partial charge in [-0.05, 0) is 42.7 Å². The Balaban J connectivity index is 2.03. The second kappa shape index (κ2) is 8.88. The van der Waals surface area contributed by atoms with Crippen LogP contribution in [0.3, 0.4) is 0 Å². The second-order valence-corrected chi connectivity index (χ2v) is 6.71. The molecule has 1 atom stereocenters. The van der Waals surface area contributed by atoms with Crippen molar-refractivity contribution in [3.8, 4) is 5.75 Å². The Bertz CT molecular complexity index is 746. The number of aryl methyl sites for hydroxylation is 2. The van der Waals surface area contributed by atoms with E-state index in [1.165, 1.54) is 0 Å². The number of rotatable bonds is 7. The molecule has 2 N–H and O–H groups in total. The summed E-state index contributed by atoms with van der Waals surface area (Å²) in [6, 6.07) is 11.6. The van der Waals surface area contributed by atoms with Gasteiger partial charge in [0.2, 0.25) is 0 Å². The lowest BCUT2D eigenvalue weighted by Gasteiger charge is -2.17. The summed E-state index contributed by atoms with van der Waals surface area (Å²) in [5.74, 6) is 0.791. The largest absolute Gasteiger partial charge is 0.496 e. The molecular formula is C20H26ClN2O2+. The van der Waals surface area contributed by atoms with Gasteiger partial charge in [0.05, 0.1) is 14.2 Å². The predicted molar refractivity (Wildman–Crippen MR) is 103 cm³/mol. The van der Waals surface area contributed by atoms with E-state index in [9.17, 15) is 4.79 Å². The van der Waals surface area contributed by atoms with Gasteiger partial charge < -0.3 is 15.0 Å². The summed E-state index contributed by atoms with van der Waals surface area (Å²) >= 11 is 6.08. The SMILES string of the molecule is CCc1cccc(C)c1NC(=O)C[NH+](C)Cc1cc(Cl)ccc1OC. The number of carbonyl (C=O) groups excluding carboxylic acids is 1. The Kier molecular flexibility index (Phi) is 6.85. The first-order valence-corrected chi connectivity index (χ1v) is 8.84. The molecule has 0 spiro atoms. The minimum atomic E-state index is 0.00231. The van der Waals surface area contributed by atoms with Crippen molar-refractivity contribution < 1.29 is 14.4 Å². The summed E-state index contributed by atoms with van der Waals surface area (Å²) in [5.41, 5.74) is 4.16. The fourth-order valence-corrected chi connectivity index (χ4v) is 3.13. The highest BCUT2D eigenvalue weighted by atomic mass is 35.5. The van der Waals surface area contributed by atoms with Crippen LogP contribution in [0.25, 0.3) is 0 Å². The van der Waals surface area contributed by atoms with Crippen molar-refractivity contribution in [1.82, 2.24) is 0 Å². The third-order valence-electron chi connectivity index (χ3n) is 4.20. The molecule has 0 saturated carbocycles. The molecule has 2 aromatic carbocycles. The molecule has 134 valence electrons. The van der Waals surface area contributed by atoms with Crippen LogP contribution in [0.5, 0.6) is 5.75 Å². The number of benzene rings is 2. The predicted octanol–water partition coefficient (Wildman–Crippen LogP) is 2.87. The normalized spacial score (nSPS) is 11.9. The van der Waals surface area contributed by atoms with Crippen LogP contribution in [-0.2, 0) is 17.8 Å². The summed E-state index contributed by atoms with van der Waals surface area (Å²) < 4.78 is 5.38. The average Bonchev–Trinajstić information content (AvgIpc) is 2.56. The quantitative estimate of drug-likeness (QED) is 0.796. The number of anilines is 1. The zero-order valence-corrected chi connectivity index (χ0v) is 16.0. The minimum absolute atomic E-state index is 0.00231. The number of halogens is 1. The zero-order valence-electron chi connectivity index (χ0n) is 15.3. The molecule has 0 heterocycles. The fourth-order valence-electron chi connectivity index (χ4n) is 2.93. The zero-order chi connectivity index (χ0) is 18.4. The van der Waals surface area contributed by atoms with Crippen molar-refractivity contribution in [1.29, 1.82) is 0 Å². The fraction of sp³-hybridized carbons (Fsp3) is 0.350. The van der Waals surface area contributed by atoms with E-state index in [4.69, 9.17) is 16.3 Å². The Labute approximate surface area is 154 Å². The van der Waals surface area contributed by atoms with Crippen molar-refractivity contribution >= 4 is 23.2 Å². The molecule has 1 amide bonds. The number of hydrogen-bond donors (Lipinski definition) is 2. The van der Waals surface area contributed by atoms with Crippen LogP contribution in [-0.4, -0.2) is 26.6 Å². The highest BCUT2D eigenvalue weighted by Gasteiger charge is 2.15. The summed E-state index contributed by atoms with van der Waals surface area (Å²) in [5, 5.41) is 3.74. The number of amides is 1. The maximum Gasteiger partial charge on any atom is 0.279 e. The van der Waals surface area contributed by atoms with Crippen molar-refractivity contribution in [3.05, 3.63) is 58.1 Å². The van der Waals surface area contributed by atoms with Gasteiger partial charge in [-0.3, -0.25) is 4.79 Å². The van der Waals surface area contributed by atoms with Gasteiger partial charge in [0, 0.05) is 16.3 Å². The number of para-hydroxylation sites is 1. The van der Waals surface area contributed by atoms with Crippen LogP contribution >= 0.6 is 11.6 Å². The van der Waals surface area contributed by atoms with E-state index in [1.807, 2.05) is 38.2 Å². The van der Waals surface area contributed by atoms with E-state index in [2.05, 4.69) is 18.3 Å². The number of ether oxygens (including phenoxy) is 1. The first-order chi connectivity index (χ1) is 11.9. The number of hydrogen-bond acceptors (Lipinski definition) is 2. The first kappa shape index (κ1) is 19.3. The topological polar surface area (TPSA) is 42.8 Å². The molecule has 0 saturated heterocycles. The summed E-state index contributed by atoms with van der Waals surface area (Å²) in [4.78, 5) is 13.5. The van der Waals surface area contributed by atoms with Gasteiger partial charge in [0.15, 0.2) is 6.54 Å². The van der Waals surface area contributed by atoms with Crippen LogP contribution in [0.15, 0.2) is 36.4 Å². The third kappa shape index (κ3) is 5.21. The van der Waals surface area contributed by atoms with Gasteiger partial charge in [-0.15, -0.1) is 0 Å². The Hall–Kier alpha value is -2.04. The van der Waals surface area contributed by atoms with Crippen molar-refractivity contribution in [2.45, 2.75) is 26.8 Å². The van der Waals surface area contributed by atoms with Crippen LogP contribution < -0.4 is 15.0 Å². The highest BCUT2D eigenvalue weighted by Crippen LogP contribution is 2.22. The molecule has 0 aliphatic carbocycles. The Morgan fingerprint density at radius 3 is 2.68 bits per heavy atom. The Morgan fingerprint density at radius 1 is 1.24 bits per heavy atom. The number of nitrogens with one attached hydrogen (secondary N) is 2. The summed E-state index contributed by atoms with van der Waals surface area (Å²) in [6.45, 7) is 5.13. The molecule has 0 bridgehead atoms. The molecular weight excluding hydrogens is 336 g/mol. The monoisotopic (exact) mass is 361 g/mol. The van der Waals surface area contributed by atoms with E-state index in [1.54, 1.807) is 13.2 Å². The van der Waals surface area contributed by atoms with Gasteiger partial charge in [0.25, 0.3) is 5.91 Å². The standard InChI is InChI=1S/C20H25ClN2O2/c1-5-15-8-6-7-14(2)20(15)22-19(24)13-23(3)12-16-11-17(21)9-10-18(16)25-4/h6-11H,5,12-13H2,1-4H3,(H,22,24)/p+1. The summed E-state index contributed by atoms with van der Waals surface area (Å²) in [6.07, 6.45) is 0.889. The lowest BCUT2D eigenvalue weighted by atomic mass is 10.1. The highest BCUT2D eigenvalue weighted by molar-refractivity contribution is 6.30. The molecule has 5 heteroatoms. The van der Waals surface area contributed by atoms with E-state index >= 15 is 0 Å². The smallest absolute Gasteiger partial charge is 0.279 e. The lowest BCUT2D eigenvalue weighted by Crippen LogP contribution is -3.08. The van der Waals surface area contributed by atoms with Crippen LogP contribution in [0.2, 0.25) is 5.02 Å². The van der Waals surface area contributed by atoms with E-state index in [0.717, 1.165) is 39.4 Å². The molecule has 4 nitrogen and oxygen atoms in total. The van der Waals surface area contributed by atoms with Crippen molar-refractivity contribution in [2.75, 3.05) is 26.0 Å². The molecule has 0 aliphatic heterocycles. The van der Waals surface area contributed by atoms with Crippen LogP contribution in [0, 0.1) is 6.92 Å². The third-order valence-corrected chi connectivity index (χ3v) is 4.44. The number of carbonyl (C=O) groups is 1. The Morgan fingerprint density at radius 2 is 2.00 bits per heavy atom. The molecule has 2 aromatic rings. The molecule has 0 aliphatic rings. The number of quaternary nitrogens is 1. The van der Waals surface area contributed by atoms with Gasteiger partial charge in [-0.2, -0.15) is 0 Å². The molecule has 0 aromatic heterocycles. The van der Waals surface area contributed by atoms with Crippen LogP contribution in [0.1, 0.15) is 23.6 Å². The molecule has 0 fully saturated rings. The average molecular weight is 362 g/mol. The van der Waals surface area contributed by atoms with Gasteiger partial charge in [-0.1, -0.05) is 36.7 Å². The summed E-state index contributed by atoms with van der Waals surface area (Å²) in [7, 11) is 3.62. The molecule has 0 radical (unpaired) electrons. The van der Waals surface area contributed by atoms with E-state index < -0.39 is 0 Å². The van der Waals surface area contributed by atoms with E-state index in [0.29, 0.717) is 18.1 Å². The van der Waals surface area contributed by atoms with Gasteiger partial charge in [0.1, 0.15) is 12.3 Å². The lowest BCUT2D eigenvalue weighted by molar-refractivity contribution is -0.885. The number of methoxy groups -OCH3 is 1. The molecule has 25 heavy (non-hydrogen) atoms. The van der Waals surface area contributed by atoms with Crippen molar-refractivity contribution in [2.24, 2.45) is 0 Å². The van der Waals surface area contributed by atoms with Gasteiger partial charge >= 0.3 is 0 Å². The van der Waals surface area contributed by atoms with Gasteiger partial charge in [-0.25, -0.2) is 0 Å². The first-order valence-electron chi connectivity index (χ1n) is 8.46. The maximum absolute atomic E-state index is 12.5. The van der Waals surface area contributed by atoms with Crippen molar-refractivity contribution in [3.63, 3.8) is 0 Å². The minimum Gasteiger partial charge on any atom is -0.496 e. The molecule has 1 unspecified atom stereocenters. The van der Waals surface area contributed by atoms with Crippen LogP contribution in [0.4, 0.5) is 5.69 Å².